The summed E-state index contributed by atoms with van der Waals surface area (Å²) >= 11 is 0. The molecule has 2 rings (SSSR count). The van der Waals surface area contributed by atoms with E-state index in [9.17, 15) is 14.9 Å². The molecule has 106 valence electrons. The first-order valence-electron chi connectivity index (χ1n) is 5.98. The Kier molecular flexibility index (Phi) is 3.95. The van der Waals surface area contributed by atoms with Crippen molar-refractivity contribution < 1.29 is 9.72 Å². The Labute approximate surface area is 119 Å². The van der Waals surface area contributed by atoms with Gasteiger partial charge in [0.1, 0.15) is 12.7 Å². The van der Waals surface area contributed by atoms with Crippen LogP contribution in [-0.4, -0.2) is 20.4 Å². The third kappa shape index (κ3) is 3.42. The molecule has 2 aromatic rings. The van der Waals surface area contributed by atoms with Crippen LogP contribution in [0, 0.1) is 28.4 Å². The summed E-state index contributed by atoms with van der Waals surface area (Å²) in [6.07, 6.45) is 1.21. The average molecular weight is 285 g/mol. The molecule has 8 nitrogen and oxygen atoms in total. The number of hydrogen-bond donors (Lipinski definition) is 1. The fourth-order valence-electron chi connectivity index (χ4n) is 1.76. The zero-order valence-electron chi connectivity index (χ0n) is 11.1. The number of nitriles is 1. The number of anilines is 1. The Morgan fingerprint density at radius 3 is 2.95 bits per heavy atom. The van der Waals surface area contributed by atoms with Crippen molar-refractivity contribution in [2.75, 3.05) is 5.32 Å². The molecule has 0 aliphatic carbocycles. The molecule has 0 radical (unpaired) electrons. The van der Waals surface area contributed by atoms with Crippen LogP contribution in [0.2, 0.25) is 0 Å². The first-order valence-corrected chi connectivity index (χ1v) is 5.98. The highest BCUT2D eigenvalue weighted by Crippen LogP contribution is 2.12. The highest BCUT2D eigenvalue weighted by atomic mass is 16.6. The summed E-state index contributed by atoms with van der Waals surface area (Å²) in [4.78, 5) is 25.6. The molecule has 0 bridgehead atoms. The van der Waals surface area contributed by atoms with Gasteiger partial charge in [-0.2, -0.15) is 5.26 Å². The summed E-state index contributed by atoms with van der Waals surface area (Å²) in [5, 5.41) is 22.0. The van der Waals surface area contributed by atoms with E-state index in [4.69, 9.17) is 5.26 Å². The van der Waals surface area contributed by atoms with E-state index in [1.165, 1.54) is 10.8 Å². The lowest BCUT2D eigenvalue weighted by Crippen LogP contribution is -2.19. The molecule has 0 fully saturated rings. The van der Waals surface area contributed by atoms with Crippen molar-refractivity contribution in [1.29, 1.82) is 5.26 Å². The van der Waals surface area contributed by atoms with Gasteiger partial charge in [-0.15, -0.1) is 0 Å². The second-order valence-corrected chi connectivity index (χ2v) is 4.27. The van der Waals surface area contributed by atoms with E-state index >= 15 is 0 Å². The molecule has 8 heteroatoms. The van der Waals surface area contributed by atoms with Crippen LogP contribution < -0.4 is 5.32 Å². The first-order chi connectivity index (χ1) is 9.99. The molecule has 1 aromatic heterocycles. The maximum Gasteiger partial charge on any atom is 0.381 e. The predicted molar refractivity (Wildman–Crippen MR) is 73.4 cm³/mol. The van der Waals surface area contributed by atoms with Crippen LogP contribution in [0.4, 0.5) is 11.5 Å². The van der Waals surface area contributed by atoms with Crippen molar-refractivity contribution >= 4 is 17.4 Å². The smallest absolute Gasteiger partial charge is 0.358 e. The second-order valence-electron chi connectivity index (χ2n) is 4.27. The van der Waals surface area contributed by atoms with Crippen molar-refractivity contribution in [1.82, 2.24) is 9.55 Å². The maximum absolute atomic E-state index is 11.9. The van der Waals surface area contributed by atoms with E-state index in [-0.39, 0.29) is 18.3 Å². The fourth-order valence-corrected chi connectivity index (χ4v) is 1.76. The lowest BCUT2D eigenvalue weighted by Gasteiger charge is -2.06. The van der Waals surface area contributed by atoms with Gasteiger partial charge in [0.05, 0.1) is 11.6 Å². The SMILES string of the molecule is Cc1nc([N+](=O)[O-])cn1CC(=O)Nc1cccc(C#N)c1. The fraction of sp³-hybridized carbons (Fsp3) is 0.154. The number of amides is 1. The zero-order valence-corrected chi connectivity index (χ0v) is 11.1. The van der Waals surface area contributed by atoms with Crippen molar-refractivity contribution in [3.63, 3.8) is 0 Å². The average Bonchev–Trinajstić information content (AvgIpc) is 2.80. The number of nitro groups is 1. The largest absolute Gasteiger partial charge is 0.381 e. The summed E-state index contributed by atoms with van der Waals surface area (Å²) in [5.74, 6) is -0.283. The number of nitrogens with zero attached hydrogens (tertiary/aromatic N) is 4. The van der Waals surface area contributed by atoms with Gasteiger partial charge in [-0.3, -0.25) is 9.36 Å². The molecule has 21 heavy (non-hydrogen) atoms. The topological polar surface area (TPSA) is 114 Å². The van der Waals surface area contributed by atoms with Crippen LogP contribution in [-0.2, 0) is 11.3 Å². The number of hydrogen-bond acceptors (Lipinski definition) is 5. The molecule has 0 unspecified atom stereocenters. The van der Waals surface area contributed by atoms with Gasteiger partial charge in [-0.05, 0) is 28.1 Å². The number of aryl methyl sites for hydroxylation is 1. The van der Waals surface area contributed by atoms with E-state index in [0.717, 1.165) is 0 Å². The number of aromatic nitrogens is 2. The lowest BCUT2D eigenvalue weighted by atomic mass is 10.2. The number of carbonyl (C=O) groups is 1. The quantitative estimate of drug-likeness (QED) is 0.677. The summed E-state index contributed by atoms with van der Waals surface area (Å²) < 4.78 is 1.39. The minimum absolute atomic E-state index is 0.0938. The summed E-state index contributed by atoms with van der Waals surface area (Å²) in [5.41, 5.74) is 0.925. The molecule has 1 heterocycles. The van der Waals surface area contributed by atoms with Crippen molar-refractivity contribution in [3.05, 3.63) is 52.0 Å². The van der Waals surface area contributed by atoms with Gasteiger partial charge < -0.3 is 15.4 Å². The van der Waals surface area contributed by atoms with Crippen molar-refractivity contribution in [2.45, 2.75) is 13.5 Å². The molecule has 1 amide bonds. The predicted octanol–water partition coefficient (Wildman–Crippen LogP) is 1.61. The van der Waals surface area contributed by atoms with Crippen LogP contribution in [0.3, 0.4) is 0 Å². The number of carbonyl (C=O) groups excluding carboxylic acids is 1. The zero-order chi connectivity index (χ0) is 15.4. The highest BCUT2D eigenvalue weighted by Gasteiger charge is 2.16. The van der Waals surface area contributed by atoms with Crippen molar-refractivity contribution in [2.24, 2.45) is 0 Å². The van der Waals surface area contributed by atoms with Gasteiger partial charge in [-0.1, -0.05) is 6.07 Å². The van der Waals surface area contributed by atoms with E-state index in [1.54, 1.807) is 31.2 Å². The van der Waals surface area contributed by atoms with Crippen LogP contribution in [0.1, 0.15) is 11.4 Å². The molecule has 0 saturated carbocycles. The maximum atomic E-state index is 11.9. The molecule has 0 atom stereocenters. The Hall–Kier alpha value is -3.21. The van der Waals surface area contributed by atoms with E-state index in [0.29, 0.717) is 17.1 Å². The summed E-state index contributed by atoms with van der Waals surface area (Å²) in [7, 11) is 0. The summed E-state index contributed by atoms with van der Waals surface area (Å²) in [6, 6.07) is 8.45. The summed E-state index contributed by atoms with van der Waals surface area (Å²) in [6.45, 7) is 1.49. The lowest BCUT2D eigenvalue weighted by molar-refractivity contribution is -0.389. The van der Waals surface area contributed by atoms with Crippen molar-refractivity contribution in [3.8, 4) is 6.07 Å². The van der Waals surface area contributed by atoms with E-state index in [1.807, 2.05) is 6.07 Å². The molecule has 0 spiro atoms. The molecule has 1 N–H and O–H groups in total. The van der Waals surface area contributed by atoms with E-state index in [2.05, 4.69) is 10.3 Å². The molecular weight excluding hydrogens is 274 g/mol. The van der Waals surface area contributed by atoms with Crippen LogP contribution in [0.5, 0.6) is 0 Å². The molecule has 1 aromatic carbocycles. The number of benzene rings is 1. The van der Waals surface area contributed by atoms with Gasteiger partial charge >= 0.3 is 5.82 Å². The Morgan fingerprint density at radius 1 is 1.57 bits per heavy atom. The normalized spacial score (nSPS) is 9.90. The highest BCUT2D eigenvalue weighted by molar-refractivity contribution is 5.90. The number of imidazole rings is 1. The van der Waals surface area contributed by atoms with Gasteiger partial charge in [0.2, 0.25) is 11.7 Å². The number of nitrogens with one attached hydrogen (secondary N) is 1. The molecular formula is C13H11N5O3. The van der Waals surface area contributed by atoms with Gasteiger partial charge in [0.15, 0.2) is 0 Å². The van der Waals surface area contributed by atoms with Gasteiger partial charge in [0, 0.05) is 12.6 Å². The monoisotopic (exact) mass is 285 g/mol. The molecule has 0 aliphatic rings. The molecule has 0 saturated heterocycles. The minimum Gasteiger partial charge on any atom is -0.358 e. The first kappa shape index (κ1) is 14.2. The number of rotatable bonds is 4. The minimum atomic E-state index is -0.613. The van der Waals surface area contributed by atoms with Gasteiger partial charge in [0.25, 0.3) is 0 Å². The van der Waals surface area contributed by atoms with Crippen LogP contribution >= 0.6 is 0 Å². The van der Waals surface area contributed by atoms with Gasteiger partial charge in [-0.25, -0.2) is 0 Å². The van der Waals surface area contributed by atoms with Crippen LogP contribution in [0.25, 0.3) is 0 Å². The standard InChI is InChI=1S/C13H11N5O3/c1-9-15-12(18(20)21)7-17(9)8-13(19)16-11-4-2-3-10(5-11)6-14/h2-5,7H,8H2,1H3,(H,16,19). The Balaban J connectivity index is 2.08. The molecule has 0 aliphatic heterocycles. The van der Waals surface area contributed by atoms with E-state index < -0.39 is 4.92 Å². The third-order valence-electron chi connectivity index (χ3n) is 2.74. The Morgan fingerprint density at radius 2 is 2.33 bits per heavy atom. The Bertz CT molecular complexity index is 745. The second kappa shape index (κ2) is 5.83. The third-order valence-corrected chi connectivity index (χ3v) is 2.74. The van der Waals surface area contributed by atoms with Crippen LogP contribution in [0.15, 0.2) is 30.5 Å².